The molecule has 0 amide bonds. The van der Waals surface area contributed by atoms with Gasteiger partial charge in [0.2, 0.25) is 0 Å². The second kappa shape index (κ2) is 13.0. The zero-order chi connectivity index (χ0) is 31.7. The minimum absolute atomic E-state index is 0.326. The summed E-state index contributed by atoms with van der Waals surface area (Å²) in [6.07, 6.45) is 0. The molecule has 8 N–H and O–H groups in total. The zero-order valence-electron chi connectivity index (χ0n) is 26.8. The van der Waals surface area contributed by atoms with Gasteiger partial charge in [0.25, 0.3) is 10.3 Å². The van der Waals surface area contributed by atoms with Gasteiger partial charge in [0, 0.05) is 11.5 Å². The molecule has 228 valence electrons. The van der Waals surface area contributed by atoms with Crippen molar-refractivity contribution in [2.75, 3.05) is 0 Å². The van der Waals surface area contributed by atoms with Crippen molar-refractivity contribution in [3.63, 3.8) is 0 Å². The summed E-state index contributed by atoms with van der Waals surface area (Å²) in [4.78, 5) is 0. The van der Waals surface area contributed by atoms with Crippen LogP contribution in [0.1, 0.15) is 77.6 Å². The molecule has 2 aromatic carbocycles. The highest BCUT2D eigenvalue weighted by Crippen LogP contribution is 2.37. The summed E-state index contributed by atoms with van der Waals surface area (Å²) >= 11 is 2.87. The summed E-state index contributed by atoms with van der Waals surface area (Å²) in [5, 5.41) is 11.8. The minimum Gasteiger partial charge on any atom is -0.399 e. The lowest BCUT2D eigenvalue weighted by atomic mass is 9.75. The first-order chi connectivity index (χ1) is 19.2. The molecular formula is C30H48B2N4O4S2+2. The topological polar surface area (TPSA) is 140 Å². The fourth-order valence-electron chi connectivity index (χ4n) is 4.30. The highest BCUT2D eigenvalue weighted by atomic mass is 32.2. The van der Waals surface area contributed by atoms with Gasteiger partial charge in [-0.15, -0.1) is 0 Å². The molecule has 8 nitrogen and oxygen atoms in total. The number of amidine groups is 2. The van der Waals surface area contributed by atoms with E-state index >= 15 is 0 Å². The van der Waals surface area contributed by atoms with Gasteiger partial charge in [-0.1, -0.05) is 42.0 Å². The Balaban J connectivity index is 0.000000230. The number of nitrogens with two attached hydrogens (primary N) is 4. The summed E-state index contributed by atoms with van der Waals surface area (Å²) in [5.74, 6) is 1.50. The van der Waals surface area contributed by atoms with E-state index in [-0.39, 0.29) is 36.6 Å². The predicted octanol–water partition coefficient (Wildman–Crippen LogP) is 1.20. The highest BCUT2D eigenvalue weighted by Gasteiger charge is 2.53. The summed E-state index contributed by atoms with van der Waals surface area (Å²) < 4.78 is 24.4. The van der Waals surface area contributed by atoms with Crippen LogP contribution in [0.15, 0.2) is 36.4 Å². The Morgan fingerprint density at radius 1 is 0.667 bits per heavy atom. The molecule has 2 aliphatic rings. The number of hydrogen-bond donors (Lipinski definition) is 4. The molecule has 0 bridgehead atoms. The molecule has 0 unspecified atom stereocenters. The molecule has 0 aromatic heterocycles. The highest BCUT2D eigenvalue weighted by molar-refractivity contribution is 8.13. The maximum atomic E-state index is 6.13. The molecule has 2 aliphatic heterocycles. The summed E-state index contributed by atoms with van der Waals surface area (Å²) in [6.45, 7) is 20.6. The van der Waals surface area contributed by atoms with E-state index in [2.05, 4.69) is 106 Å². The van der Waals surface area contributed by atoms with Crippen LogP contribution in [0.5, 0.6) is 0 Å². The van der Waals surface area contributed by atoms with Crippen molar-refractivity contribution in [2.45, 2.75) is 103 Å². The van der Waals surface area contributed by atoms with Crippen molar-refractivity contribution in [1.29, 1.82) is 0 Å². The maximum absolute atomic E-state index is 6.13. The minimum atomic E-state index is -0.335. The van der Waals surface area contributed by atoms with Crippen LogP contribution in [0.2, 0.25) is 0 Å². The Kier molecular flexibility index (Phi) is 10.7. The molecule has 2 saturated heterocycles. The van der Waals surface area contributed by atoms with Gasteiger partial charge in [0.15, 0.2) is 0 Å². The van der Waals surface area contributed by atoms with E-state index in [0.717, 1.165) is 33.6 Å². The SMILES string of the molecule is Cc1ccc(B2OC(C)(C)C(C)(C)O2)cc1CSC(N)=[NH2+].Cc1ccc(CSC(N)=[NH2+])cc1B1OC(C)(C)C(C)(C)O1. The predicted molar refractivity (Wildman–Crippen MR) is 179 cm³/mol. The first-order valence-electron chi connectivity index (χ1n) is 14.2. The largest absolute Gasteiger partial charge is 0.495 e. The number of rotatable bonds is 6. The third kappa shape index (κ3) is 8.15. The smallest absolute Gasteiger partial charge is 0.399 e. The van der Waals surface area contributed by atoms with Gasteiger partial charge in [-0.05, 0) is 120 Å². The van der Waals surface area contributed by atoms with Crippen LogP contribution in [-0.2, 0) is 30.1 Å². The second-order valence-electron chi connectivity index (χ2n) is 12.9. The third-order valence-electron chi connectivity index (χ3n) is 8.55. The Morgan fingerprint density at radius 2 is 1.12 bits per heavy atom. The molecule has 2 fully saturated rings. The van der Waals surface area contributed by atoms with E-state index in [1.807, 2.05) is 0 Å². The van der Waals surface area contributed by atoms with Crippen molar-refractivity contribution in [2.24, 2.45) is 11.5 Å². The quantitative estimate of drug-likeness (QED) is 0.216. The summed E-state index contributed by atoms with van der Waals surface area (Å²) in [7, 11) is -0.669. The molecular weight excluding hydrogens is 566 g/mol. The maximum Gasteiger partial charge on any atom is 0.495 e. The van der Waals surface area contributed by atoms with Crippen molar-refractivity contribution >= 4 is 59.0 Å². The lowest BCUT2D eigenvalue weighted by Gasteiger charge is -2.32. The molecule has 2 aromatic rings. The molecule has 12 heteroatoms. The fraction of sp³-hybridized carbons (Fsp3) is 0.533. The van der Waals surface area contributed by atoms with Crippen molar-refractivity contribution in [1.82, 2.24) is 0 Å². The van der Waals surface area contributed by atoms with E-state index in [1.54, 1.807) is 0 Å². The average Bonchev–Trinajstić information content (AvgIpc) is 3.22. The molecule has 0 atom stereocenters. The van der Waals surface area contributed by atoms with Crippen LogP contribution in [-0.4, -0.2) is 47.0 Å². The van der Waals surface area contributed by atoms with Crippen LogP contribution in [0, 0.1) is 13.8 Å². The van der Waals surface area contributed by atoms with Gasteiger partial charge in [-0.25, -0.2) is 0 Å². The number of aryl methyl sites for hydroxylation is 2. The van der Waals surface area contributed by atoms with E-state index in [0.29, 0.717) is 10.3 Å². The van der Waals surface area contributed by atoms with E-state index in [4.69, 9.17) is 40.9 Å². The van der Waals surface area contributed by atoms with Crippen molar-refractivity contribution < 1.29 is 29.4 Å². The van der Waals surface area contributed by atoms with Gasteiger partial charge in [0.1, 0.15) is 0 Å². The first kappa shape index (κ1) is 34.5. The van der Waals surface area contributed by atoms with Crippen LogP contribution >= 0.6 is 23.5 Å². The van der Waals surface area contributed by atoms with E-state index in [9.17, 15) is 0 Å². The number of hydrogen-bond acceptors (Lipinski definition) is 6. The summed E-state index contributed by atoms with van der Waals surface area (Å²) in [6, 6.07) is 12.5. The van der Waals surface area contributed by atoms with Crippen LogP contribution in [0.25, 0.3) is 0 Å². The number of thioether (sulfide) groups is 2. The third-order valence-corrected chi connectivity index (χ3v) is 10.1. The molecule has 4 rings (SSSR count). The first-order valence-corrected chi connectivity index (χ1v) is 16.1. The van der Waals surface area contributed by atoms with Crippen molar-refractivity contribution in [3.05, 3.63) is 58.7 Å². The molecule has 0 aliphatic carbocycles. The van der Waals surface area contributed by atoms with Gasteiger partial charge in [-0.2, -0.15) is 0 Å². The lowest BCUT2D eigenvalue weighted by Crippen LogP contribution is -2.43. The second-order valence-corrected chi connectivity index (χ2v) is 15.0. The fourth-order valence-corrected chi connectivity index (χ4v) is 5.45. The zero-order valence-corrected chi connectivity index (χ0v) is 28.4. The molecule has 2 heterocycles. The lowest BCUT2D eigenvalue weighted by molar-refractivity contribution is -0.110. The van der Waals surface area contributed by atoms with Gasteiger partial charge in [0.05, 0.1) is 22.4 Å². The number of benzene rings is 2. The van der Waals surface area contributed by atoms with Crippen LogP contribution < -0.4 is 33.2 Å². The standard InChI is InChI=1S/2C15H23BN2O2S/c1-10-6-7-12(8-11(10)9-21-13(17)18)16-19-14(2,3)15(4,5)20-16;1-10-6-7-11(9-21-13(17)18)8-12(10)16-19-14(2,3)15(4,5)20-16/h2*6-8H,9H2,1-5H3,(H3,17,18)/p+2. The normalized spacial score (nSPS) is 19.8. The van der Waals surface area contributed by atoms with Crippen LogP contribution in [0.4, 0.5) is 0 Å². The Labute approximate surface area is 261 Å². The van der Waals surface area contributed by atoms with Gasteiger partial charge in [-0.3, -0.25) is 22.3 Å². The Bertz CT molecular complexity index is 1290. The van der Waals surface area contributed by atoms with E-state index in [1.165, 1.54) is 34.7 Å². The molecule has 0 radical (unpaired) electrons. The van der Waals surface area contributed by atoms with Gasteiger partial charge < -0.3 is 18.6 Å². The van der Waals surface area contributed by atoms with Gasteiger partial charge >= 0.3 is 14.2 Å². The van der Waals surface area contributed by atoms with Crippen LogP contribution in [0.3, 0.4) is 0 Å². The molecule has 0 spiro atoms. The average molecular weight is 614 g/mol. The Hall–Kier alpha value is -1.95. The summed E-state index contributed by atoms with van der Waals surface area (Å²) in [5.41, 5.74) is 16.6. The Morgan fingerprint density at radius 3 is 1.62 bits per heavy atom. The van der Waals surface area contributed by atoms with E-state index < -0.39 is 0 Å². The molecule has 0 saturated carbocycles. The molecule has 42 heavy (non-hydrogen) atoms. The monoisotopic (exact) mass is 614 g/mol. The van der Waals surface area contributed by atoms with Crippen molar-refractivity contribution in [3.8, 4) is 0 Å².